The molecule has 4 rings (SSSR count). The van der Waals surface area contributed by atoms with E-state index in [0.29, 0.717) is 35.6 Å². The average molecular weight is 510 g/mol. The first-order valence-electron chi connectivity index (χ1n) is 11.4. The van der Waals surface area contributed by atoms with Crippen LogP contribution in [0.15, 0.2) is 40.8 Å². The quantitative estimate of drug-likeness (QED) is 0.489. The van der Waals surface area contributed by atoms with Crippen molar-refractivity contribution in [2.45, 2.75) is 38.8 Å². The summed E-state index contributed by atoms with van der Waals surface area (Å²) in [5.41, 5.74) is 3.40. The number of nitrogens with one attached hydrogen (secondary N) is 1. The molecule has 2 aromatic carbocycles. The Morgan fingerprint density at radius 1 is 1.25 bits per heavy atom. The molecule has 1 atom stereocenters. The van der Waals surface area contributed by atoms with Gasteiger partial charge in [-0.2, -0.15) is 5.26 Å². The summed E-state index contributed by atoms with van der Waals surface area (Å²) < 4.78 is 39.3. The third kappa shape index (κ3) is 5.40. The molecule has 1 aliphatic rings. The van der Waals surface area contributed by atoms with Crippen LogP contribution in [0.25, 0.3) is 22.9 Å². The van der Waals surface area contributed by atoms with Gasteiger partial charge in [-0.3, -0.25) is 4.79 Å². The second-order valence-corrected chi connectivity index (χ2v) is 10.8. The van der Waals surface area contributed by atoms with Crippen LogP contribution in [0.4, 0.5) is 0 Å². The zero-order chi connectivity index (χ0) is 26.0. The topological polar surface area (TPSA) is 138 Å². The fourth-order valence-corrected chi connectivity index (χ4v) is 5.43. The van der Waals surface area contributed by atoms with Gasteiger partial charge in [0.05, 0.1) is 11.7 Å². The van der Waals surface area contributed by atoms with Gasteiger partial charge >= 0.3 is 0 Å². The summed E-state index contributed by atoms with van der Waals surface area (Å²) in [4.78, 5) is 13.1. The van der Waals surface area contributed by atoms with Gasteiger partial charge in [0.2, 0.25) is 27.7 Å². The Morgan fingerprint density at radius 2 is 2.00 bits per heavy atom. The SMILES string of the molecule is CC(C)Oc1ccc(-c2nnc(-c3cccc4c3CCC4NS(=O)(=O)CC(=O)N(C)C)o2)cc1C#N. The number of fused-ring (bicyclic) bond motifs is 1. The first-order valence-corrected chi connectivity index (χ1v) is 13.1. The van der Waals surface area contributed by atoms with E-state index in [0.717, 1.165) is 16.7 Å². The van der Waals surface area contributed by atoms with Crippen LogP contribution >= 0.6 is 0 Å². The molecule has 0 saturated heterocycles. The molecule has 11 heteroatoms. The van der Waals surface area contributed by atoms with E-state index in [9.17, 15) is 18.5 Å². The van der Waals surface area contributed by atoms with E-state index >= 15 is 0 Å². The normalized spacial score (nSPS) is 14.9. The molecule has 1 amide bonds. The van der Waals surface area contributed by atoms with Crippen molar-refractivity contribution in [1.82, 2.24) is 19.8 Å². The highest BCUT2D eigenvalue weighted by Crippen LogP contribution is 2.38. The van der Waals surface area contributed by atoms with Crippen molar-refractivity contribution in [3.05, 3.63) is 53.1 Å². The van der Waals surface area contributed by atoms with E-state index < -0.39 is 27.7 Å². The number of nitriles is 1. The molecule has 1 aliphatic carbocycles. The zero-order valence-corrected chi connectivity index (χ0v) is 21.3. The Labute approximate surface area is 209 Å². The third-order valence-corrected chi connectivity index (χ3v) is 7.04. The standard InChI is InChI=1S/C25H27N5O5S/c1-15(2)34-22-11-8-16(12-17(22)13-26)24-27-28-25(35-24)20-7-5-6-19-18(20)9-10-21(19)29-36(32,33)14-23(31)30(3)4/h5-8,11-12,15,21,29H,9-10,14H2,1-4H3. The predicted octanol–water partition coefficient (Wildman–Crippen LogP) is 3.06. The Kier molecular flexibility index (Phi) is 7.10. The Balaban J connectivity index is 1.59. The third-order valence-electron chi connectivity index (χ3n) is 5.77. The monoisotopic (exact) mass is 509 g/mol. The van der Waals surface area contributed by atoms with Gasteiger partial charge < -0.3 is 14.1 Å². The van der Waals surface area contributed by atoms with Crippen LogP contribution in [0.5, 0.6) is 5.75 Å². The van der Waals surface area contributed by atoms with E-state index in [-0.39, 0.29) is 12.0 Å². The van der Waals surface area contributed by atoms with Crippen molar-refractivity contribution in [2.24, 2.45) is 0 Å². The number of sulfonamides is 1. The Bertz CT molecular complexity index is 1440. The number of hydrogen-bond acceptors (Lipinski definition) is 8. The van der Waals surface area contributed by atoms with E-state index in [4.69, 9.17) is 9.15 Å². The molecule has 0 saturated carbocycles. The largest absolute Gasteiger partial charge is 0.490 e. The smallest absolute Gasteiger partial charge is 0.248 e. The van der Waals surface area contributed by atoms with Crippen LogP contribution in [0.1, 0.15) is 43.0 Å². The zero-order valence-electron chi connectivity index (χ0n) is 20.5. The minimum Gasteiger partial charge on any atom is -0.490 e. The maximum Gasteiger partial charge on any atom is 0.248 e. The van der Waals surface area contributed by atoms with Crippen LogP contribution in [-0.4, -0.2) is 55.4 Å². The van der Waals surface area contributed by atoms with Crippen LogP contribution < -0.4 is 9.46 Å². The van der Waals surface area contributed by atoms with Crippen LogP contribution in [0.3, 0.4) is 0 Å². The molecule has 0 fully saturated rings. The van der Waals surface area contributed by atoms with E-state index in [1.807, 2.05) is 32.0 Å². The average Bonchev–Trinajstić information content (AvgIpc) is 3.46. The predicted molar refractivity (Wildman–Crippen MR) is 132 cm³/mol. The summed E-state index contributed by atoms with van der Waals surface area (Å²) in [5, 5.41) is 17.9. The second-order valence-electron chi connectivity index (χ2n) is 9.03. The van der Waals surface area contributed by atoms with Gasteiger partial charge in [-0.05, 0) is 62.1 Å². The van der Waals surface area contributed by atoms with Crippen molar-refractivity contribution in [1.29, 1.82) is 5.26 Å². The van der Waals surface area contributed by atoms with Crippen molar-refractivity contribution in [3.63, 3.8) is 0 Å². The number of benzene rings is 2. The van der Waals surface area contributed by atoms with Crippen molar-refractivity contribution in [3.8, 4) is 34.7 Å². The molecule has 0 radical (unpaired) electrons. The summed E-state index contributed by atoms with van der Waals surface area (Å²) in [6.45, 7) is 3.77. The minimum absolute atomic E-state index is 0.0695. The maximum atomic E-state index is 12.5. The number of aromatic nitrogens is 2. The summed E-state index contributed by atoms with van der Waals surface area (Å²) in [6, 6.07) is 12.3. The highest BCUT2D eigenvalue weighted by atomic mass is 32.2. The van der Waals surface area contributed by atoms with Gasteiger partial charge in [-0.25, -0.2) is 13.1 Å². The molecule has 36 heavy (non-hydrogen) atoms. The number of ether oxygens (including phenoxy) is 1. The van der Waals surface area contributed by atoms with Gasteiger partial charge in [-0.15, -0.1) is 10.2 Å². The van der Waals surface area contributed by atoms with E-state index in [1.165, 1.54) is 19.0 Å². The summed E-state index contributed by atoms with van der Waals surface area (Å²) >= 11 is 0. The van der Waals surface area contributed by atoms with Gasteiger partial charge in [0.1, 0.15) is 17.6 Å². The number of carbonyl (C=O) groups is 1. The van der Waals surface area contributed by atoms with Crippen LogP contribution in [-0.2, 0) is 21.2 Å². The van der Waals surface area contributed by atoms with Crippen LogP contribution in [0, 0.1) is 11.3 Å². The fraction of sp³-hybridized carbons (Fsp3) is 0.360. The van der Waals surface area contributed by atoms with E-state index in [1.54, 1.807) is 18.2 Å². The van der Waals surface area contributed by atoms with Crippen LogP contribution in [0.2, 0.25) is 0 Å². The molecule has 188 valence electrons. The molecule has 1 unspecified atom stereocenters. The molecule has 3 aromatic rings. The van der Waals surface area contributed by atoms with Crippen molar-refractivity contribution < 1.29 is 22.4 Å². The molecule has 0 spiro atoms. The molecule has 1 N–H and O–H groups in total. The minimum atomic E-state index is -3.81. The molecule has 0 aliphatic heterocycles. The summed E-state index contributed by atoms with van der Waals surface area (Å²) in [7, 11) is -0.776. The van der Waals surface area contributed by atoms with Gasteiger partial charge in [-0.1, -0.05) is 12.1 Å². The van der Waals surface area contributed by atoms with Gasteiger partial charge in [0, 0.05) is 31.3 Å². The lowest BCUT2D eigenvalue weighted by Crippen LogP contribution is -2.37. The summed E-state index contributed by atoms with van der Waals surface area (Å²) in [6.07, 6.45) is 1.09. The molecule has 0 bridgehead atoms. The first kappa shape index (κ1) is 25.3. The number of carbonyl (C=O) groups excluding carboxylic acids is 1. The van der Waals surface area contributed by atoms with Crippen molar-refractivity contribution >= 4 is 15.9 Å². The Hall–Kier alpha value is -3.75. The molecular weight excluding hydrogens is 482 g/mol. The molecule has 1 heterocycles. The molecule has 10 nitrogen and oxygen atoms in total. The highest BCUT2D eigenvalue weighted by Gasteiger charge is 2.31. The lowest BCUT2D eigenvalue weighted by molar-refractivity contribution is -0.125. The molecular formula is C25H27N5O5S. The van der Waals surface area contributed by atoms with Gasteiger partial charge in [0.25, 0.3) is 0 Å². The number of amides is 1. The lowest BCUT2D eigenvalue weighted by Gasteiger charge is -2.16. The highest BCUT2D eigenvalue weighted by molar-refractivity contribution is 7.90. The second kappa shape index (κ2) is 10.1. The maximum absolute atomic E-state index is 12.5. The molecule has 1 aromatic heterocycles. The van der Waals surface area contributed by atoms with E-state index in [2.05, 4.69) is 21.0 Å². The van der Waals surface area contributed by atoms with Gasteiger partial charge in [0.15, 0.2) is 0 Å². The Morgan fingerprint density at radius 3 is 2.69 bits per heavy atom. The lowest BCUT2D eigenvalue weighted by atomic mass is 10.0. The summed E-state index contributed by atoms with van der Waals surface area (Å²) in [5.74, 6) is -0.0554. The fourth-order valence-electron chi connectivity index (χ4n) is 4.08. The first-order chi connectivity index (χ1) is 17.1. The number of nitrogens with zero attached hydrogens (tertiary/aromatic N) is 4. The van der Waals surface area contributed by atoms with Crippen molar-refractivity contribution in [2.75, 3.05) is 19.8 Å². The number of hydrogen-bond donors (Lipinski definition) is 1. The number of rotatable bonds is 8.